The van der Waals surface area contributed by atoms with Gasteiger partial charge in [0.05, 0.1) is 47.4 Å². The SMILES string of the molecule is C[C@H](/C=C/CC(=O)N1Cc2ccccc2C[C@H]1CO)[C@@]1(O)C(=O)N(Cc2cccc(N3C(=O)c4cccc5cccc3c45)c2)c2ccc(N3C(=O)c4cccc5cccc3c45)cc21. The third-order valence-corrected chi connectivity index (χ3v) is 13.4. The summed E-state index contributed by atoms with van der Waals surface area (Å²) in [5, 5.41) is 26.8. The maximum absolute atomic E-state index is 15.0. The van der Waals surface area contributed by atoms with Crippen LogP contribution in [-0.4, -0.2) is 51.4 Å². The van der Waals surface area contributed by atoms with Crippen molar-refractivity contribution in [2.45, 2.75) is 44.5 Å². The molecule has 63 heavy (non-hydrogen) atoms. The number of aliphatic hydroxyl groups excluding tert-OH is 1. The first-order chi connectivity index (χ1) is 30.6. The second-order valence-electron chi connectivity index (χ2n) is 16.9. The lowest BCUT2D eigenvalue weighted by molar-refractivity contribution is -0.139. The van der Waals surface area contributed by atoms with Crippen LogP contribution in [0.1, 0.15) is 56.3 Å². The molecule has 7 aromatic carbocycles. The fourth-order valence-electron chi connectivity index (χ4n) is 10.2. The standard InChI is InChI=1S/C53H42N4O6/c1-32(10-4-23-47(59)54-30-37-13-3-2-12-36(37)27-40(54)31-58)53(63)43-28-39(57-46-22-9-17-35-15-7-20-42(49(35)46)51(57)61)24-25-44(43)55(52(53)62)29-33-11-5-18-38(26-33)56-45-21-8-16-34-14-6-19-41(48(34)45)50(56)60/h2-22,24-26,28,32,40,58,63H,23,27,29-31H2,1H3/b10-4+/t32-,40+,53+/m1/s1. The number of benzene rings is 7. The molecule has 0 aliphatic carbocycles. The number of fused-ring (bicyclic) bond motifs is 2. The summed E-state index contributed by atoms with van der Waals surface area (Å²) in [4.78, 5) is 63.2. The molecule has 0 saturated carbocycles. The predicted octanol–water partition coefficient (Wildman–Crippen LogP) is 8.84. The molecule has 0 bridgehead atoms. The van der Waals surface area contributed by atoms with Crippen molar-refractivity contribution in [3.05, 3.63) is 185 Å². The number of amides is 4. The maximum Gasteiger partial charge on any atom is 0.264 e. The van der Waals surface area contributed by atoms with Gasteiger partial charge in [0.2, 0.25) is 5.91 Å². The number of anilines is 5. The van der Waals surface area contributed by atoms with Crippen LogP contribution in [0, 0.1) is 5.92 Å². The van der Waals surface area contributed by atoms with Crippen LogP contribution in [0.15, 0.2) is 152 Å². The van der Waals surface area contributed by atoms with Gasteiger partial charge in [-0.3, -0.25) is 29.0 Å². The fourth-order valence-corrected chi connectivity index (χ4v) is 10.2. The van der Waals surface area contributed by atoms with Crippen LogP contribution in [0.4, 0.5) is 28.4 Å². The normalized spacial score (nSPS) is 19.2. The molecule has 3 atom stereocenters. The second-order valence-corrected chi connectivity index (χ2v) is 16.9. The Morgan fingerprint density at radius 1 is 0.714 bits per heavy atom. The number of hydrogen-bond donors (Lipinski definition) is 2. The molecule has 0 saturated heterocycles. The van der Waals surface area contributed by atoms with Gasteiger partial charge in [0.25, 0.3) is 17.7 Å². The van der Waals surface area contributed by atoms with Gasteiger partial charge in [-0.2, -0.15) is 0 Å². The van der Waals surface area contributed by atoms with Gasteiger partial charge in [-0.25, -0.2) is 0 Å². The predicted molar refractivity (Wildman–Crippen MR) is 243 cm³/mol. The van der Waals surface area contributed by atoms with Crippen LogP contribution in [0.25, 0.3) is 21.5 Å². The molecule has 310 valence electrons. The molecule has 4 aliphatic rings. The third kappa shape index (κ3) is 5.86. The molecule has 0 aromatic heterocycles. The van der Waals surface area contributed by atoms with E-state index in [1.807, 2.05) is 121 Å². The lowest BCUT2D eigenvalue weighted by Crippen LogP contribution is -2.46. The van der Waals surface area contributed by atoms with Crippen LogP contribution < -0.4 is 14.7 Å². The monoisotopic (exact) mass is 830 g/mol. The molecule has 0 radical (unpaired) electrons. The van der Waals surface area contributed by atoms with Gasteiger partial charge < -0.3 is 20.0 Å². The molecule has 4 aliphatic heterocycles. The second kappa shape index (κ2) is 14.6. The van der Waals surface area contributed by atoms with E-state index in [2.05, 4.69) is 0 Å². The highest BCUT2D eigenvalue weighted by Gasteiger charge is 2.53. The van der Waals surface area contributed by atoms with Crippen LogP contribution in [0.3, 0.4) is 0 Å². The Balaban J connectivity index is 0.934. The molecule has 2 N–H and O–H groups in total. The number of nitrogens with zero attached hydrogens (tertiary/aromatic N) is 4. The van der Waals surface area contributed by atoms with Crippen molar-refractivity contribution in [2.75, 3.05) is 21.3 Å². The highest BCUT2D eigenvalue weighted by molar-refractivity contribution is 6.29. The molecule has 10 heteroatoms. The molecule has 11 rings (SSSR count). The first-order valence-electron chi connectivity index (χ1n) is 21.3. The summed E-state index contributed by atoms with van der Waals surface area (Å²) >= 11 is 0. The minimum atomic E-state index is -2.08. The minimum absolute atomic E-state index is 0.00797. The van der Waals surface area contributed by atoms with Crippen molar-refractivity contribution in [1.82, 2.24) is 4.90 Å². The van der Waals surface area contributed by atoms with E-state index in [9.17, 15) is 29.4 Å². The van der Waals surface area contributed by atoms with E-state index in [1.165, 1.54) is 0 Å². The van der Waals surface area contributed by atoms with Crippen molar-refractivity contribution in [3.8, 4) is 0 Å². The first-order valence-corrected chi connectivity index (χ1v) is 21.3. The lowest BCUT2D eigenvalue weighted by Gasteiger charge is -2.36. The van der Waals surface area contributed by atoms with E-state index in [4.69, 9.17) is 0 Å². The van der Waals surface area contributed by atoms with Gasteiger partial charge in [-0.15, -0.1) is 0 Å². The van der Waals surface area contributed by atoms with Gasteiger partial charge in [0.1, 0.15) is 0 Å². The summed E-state index contributed by atoms with van der Waals surface area (Å²) in [6, 6.07) is 43.4. The Bertz CT molecular complexity index is 3130. The van der Waals surface area contributed by atoms with Crippen molar-refractivity contribution < 1.29 is 29.4 Å². The van der Waals surface area contributed by atoms with Crippen LogP contribution in [-0.2, 0) is 34.7 Å². The average molecular weight is 831 g/mol. The summed E-state index contributed by atoms with van der Waals surface area (Å²) in [5.74, 6) is -1.86. The molecule has 0 spiro atoms. The number of aliphatic hydroxyl groups is 2. The van der Waals surface area contributed by atoms with Gasteiger partial charge in [-0.1, -0.05) is 104 Å². The highest BCUT2D eigenvalue weighted by atomic mass is 16.3. The van der Waals surface area contributed by atoms with E-state index in [1.54, 1.807) is 56.9 Å². The molecular weight excluding hydrogens is 789 g/mol. The van der Waals surface area contributed by atoms with Crippen molar-refractivity contribution in [3.63, 3.8) is 0 Å². The Hall–Kier alpha value is -7.40. The topological polar surface area (TPSA) is 122 Å². The van der Waals surface area contributed by atoms with Crippen LogP contribution in [0.5, 0.6) is 0 Å². The average Bonchev–Trinajstić information content (AvgIpc) is 3.85. The minimum Gasteiger partial charge on any atom is -0.394 e. The Labute approximate surface area is 363 Å². The summed E-state index contributed by atoms with van der Waals surface area (Å²) in [6.07, 6.45) is 3.96. The van der Waals surface area contributed by atoms with Gasteiger partial charge >= 0.3 is 0 Å². The number of carbonyl (C=O) groups excluding carboxylic acids is 4. The molecular formula is C53H42N4O6. The zero-order valence-corrected chi connectivity index (χ0v) is 34.4. The van der Waals surface area contributed by atoms with E-state index >= 15 is 0 Å². The molecule has 0 unspecified atom stereocenters. The van der Waals surface area contributed by atoms with Crippen LogP contribution in [0.2, 0.25) is 0 Å². The molecule has 4 heterocycles. The number of hydrogen-bond acceptors (Lipinski definition) is 6. The third-order valence-electron chi connectivity index (χ3n) is 13.4. The summed E-state index contributed by atoms with van der Waals surface area (Å²) in [7, 11) is 0. The van der Waals surface area contributed by atoms with Gasteiger partial charge in [0.15, 0.2) is 5.60 Å². The zero-order chi connectivity index (χ0) is 43.1. The van der Waals surface area contributed by atoms with Gasteiger partial charge in [-0.05, 0) is 88.5 Å². The van der Waals surface area contributed by atoms with E-state index < -0.39 is 17.4 Å². The zero-order valence-electron chi connectivity index (χ0n) is 34.4. The maximum atomic E-state index is 15.0. The van der Waals surface area contributed by atoms with E-state index in [0.29, 0.717) is 46.7 Å². The van der Waals surface area contributed by atoms with Crippen molar-refractivity contribution >= 4 is 73.6 Å². The smallest absolute Gasteiger partial charge is 0.264 e. The summed E-state index contributed by atoms with van der Waals surface area (Å²) < 4.78 is 0. The van der Waals surface area contributed by atoms with E-state index in [0.717, 1.165) is 49.6 Å². The van der Waals surface area contributed by atoms with E-state index in [-0.39, 0.29) is 43.3 Å². The Morgan fingerprint density at radius 2 is 1.32 bits per heavy atom. The first kappa shape index (κ1) is 38.5. The Morgan fingerprint density at radius 3 is 1.97 bits per heavy atom. The molecule has 10 nitrogen and oxygen atoms in total. The summed E-state index contributed by atoms with van der Waals surface area (Å²) in [5.41, 5.74) is 5.53. The molecule has 0 fully saturated rings. The highest BCUT2D eigenvalue weighted by Crippen LogP contribution is 2.50. The molecule has 4 amide bonds. The fraction of sp³-hybridized carbons (Fsp3) is 0.170. The quantitative estimate of drug-likeness (QED) is 0.140. The van der Waals surface area contributed by atoms with Crippen LogP contribution >= 0.6 is 0 Å². The molecule has 7 aromatic rings. The number of carbonyl (C=O) groups is 4. The van der Waals surface area contributed by atoms with Crippen molar-refractivity contribution in [2.24, 2.45) is 5.92 Å². The lowest BCUT2D eigenvalue weighted by atomic mass is 9.82. The van der Waals surface area contributed by atoms with Crippen molar-refractivity contribution in [1.29, 1.82) is 0 Å². The largest absolute Gasteiger partial charge is 0.394 e. The van der Waals surface area contributed by atoms with Gasteiger partial charge in [0, 0.05) is 46.6 Å². The Kier molecular flexibility index (Phi) is 8.94. The number of rotatable bonds is 9. The summed E-state index contributed by atoms with van der Waals surface area (Å²) in [6.45, 7) is 2.06.